The molecule has 2 aromatic carbocycles. The van der Waals surface area contributed by atoms with E-state index in [1.807, 2.05) is 12.1 Å². The number of likely N-dealkylation sites (tertiary alicyclic amines) is 1. The van der Waals surface area contributed by atoms with E-state index in [0.29, 0.717) is 16.6 Å². The zero-order valence-corrected chi connectivity index (χ0v) is 19.1. The number of nitrogens with one attached hydrogen (secondary N) is 2. The van der Waals surface area contributed by atoms with Crippen molar-refractivity contribution in [3.8, 4) is 0 Å². The van der Waals surface area contributed by atoms with Crippen molar-refractivity contribution in [3.63, 3.8) is 0 Å². The maximum atomic E-state index is 12.4. The number of hydrogen-bond acceptors (Lipinski definition) is 4. The summed E-state index contributed by atoms with van der Waals surface area (Å²) in [4.78, 5) is 17.4. The van der Waals surface area contributed by atoms with Crippen LogP contribution in [0.2, 0.25) is 5.02 Å². The third-order valence-corrected chi connectivity index (χ3v) is 6.85. The molecule has 2 saturated heterocycles. The van der Waals surface area contributed by atoms with Crippen LogP contribution in [0, 0.1) is 0 Å². The summed E-state index contributed by atoms with van der Waals surface area (Å²) < 4.78 is 0. The van der Waals surface area contributed by atoms with Gasteiger partial charge < -0.3 is 15.5 Å². The number of rotatable bonds is 7. The molecule has 31 heavy (non-hydrogen) atoms. The first-order chi connectivity index (χ1) is 15.1. The Morgan fingerprint density at radius 2 is 1.84 bits per heavy atom. The summed E-state index contributed by atoms with van der Waals surface area (Å²) in [5.41, 5.74) is 2.57. The number of hydrogen-bond donors (Lipinski definition) is 2. The molecule has 2 aliphatic heterocycles. The molecule has 0 spiro atoms. The van der Waals surface area contributed by atoms with Crippen LogP contribution in [0.5, 0.6) is 0 Å². The van der Waals surface area contributed by atoms with Crippen LogP contribution < -0.4 is 15.5 Å². The number of carbonyl (C=O) groups is 1. The van der Waals surface area contributed by atoms with Crippen molar-refractivity contribution in [2.45, 2.75) is 44.7 Å². The van der Waals surface area contributed by atoms with E-state index in [-0.39, 0.29) is 5.91 Å². The van der Waals surface area contributed by atoms with Crippen LogP contribution in [-0.4, -0.2) is 55.6 Å². The van der Waals surface area contributed by atoms with Crippen molar-refractivity contribution < 1.29 is 4.79 Å². The molecule has 1 atom stereocenters. The SMILES string of the molecule is CCN1CCC[C@@H]1CNC1CCN(c2ccc(NC(=O)c3cccc(Cl)c3)cc2)CC1. The Morgan fingerprint density at radius 3 is 2.55 bits per heavy atom. The molecule has 0 unspecified atom stereocenters. The quantitative estimate of drug-likeness (QED) is 0.658. The van der Waals surface area contributed by atoms with Crippen molar-refractivity contribution in [2.24, 2.45) is 0 Å². The maximum Gasteiger partial charge on any atom is 0.255 e. The number of carbonyl (C=O) groups excluding carboxylic acids is 1. The van der Waals surface area contributed by atoms with E-state index in [1.54, 1.807) is 24.3 Å². The minimum Gasteiger partial charge on any atom is -0.371 e. The number of amides is 1. The molecule has 0 radical (unpaired) electrons. The molecule has 0 aromatic heterocycles. The summed E-state index contributed by atoms with van der Waals surface area (Å²) in [5, 5.41) is 7.33. The predicted molar refractivity (Wildman–Crippen MR) is 129 cm³/mol. The molecule has 5 nitrogen and oxygen atoms in total. The maximum absolute atomic E-state index is 12.4. The highest BCUT2D eigenvalue weighted by Crippen LogP contribution is 2.23. The van der Waals surface area contributed by atoms with E-state index in [9.17, 15) is 4.79 Å². The van der Waals surface area contributed by atoms with Crippen molar-refractivity contribution >= 4 is 28.9 Å². The Balaban J connectivity index is 1.24. The molecule has 4 rings (SSSR count). The summed E-state index contributed by atoms with van der Waals surface area (Å²) in [7, 11) is 0. The highest BCUT2D eigenvalue weighted by molar-refractivity contribution is 6.31. The van der Waals surface area contributed by atoms with E-state index in [2.05, 4.69) is 39.5 Å². The van der Waals surface area contributed by atoms with Gasteiger partial charge >= 0.3 is 0 Å². The average molecular weight is 441 g/mol. The molecular weight excluding hydrogens is 408 g/mol. The highest BCUT2D eigenvalue weighted by Gasteiger charge is 2.25. The lowest BCUT2D eigenvalue weighted by Crippen LogP contribution is -2.46. The summed E-state index contributed by atoms with van der Waals surface area (Å²) in [6, 6.07) is 16.5. The van der Waals surface area contributed by atoms with Crippen LogP contribution in [0.4, 0.5) is 11.4 Å². The number of halogens is 1. The molecule has 2 heterocycles. The molecular formula is C25H33ClN4O. The van der Waals surface area contributed by atoms with E-state index < -0.39 is 0 Å². The number of benzene rings is 2. The fraction of sp³-hybridized carbons (Fsp3) is 0.480. The first kappa shape index (κ1) is 22.1. The number of likely N-dealkylation sites (N-methyl/N-ethyl adjacent to an activating group) is 1. The Bertz CT molecular complexity index is 864. The highest BCUT2D eigenvalue weighted by atomic mass is 35.5. The normalized spacial score (nSPS) is 20.2. The predicted octanol–water partition coefficient (Wildman–Crippen LogP) is 4.64. The zero-order valence-electron chi connectivity index (χ0n) is 18.3. The second kappa shape index (κ2) is 10.5. The lowest BCUT2D eigenvalue weighted by atomic mass is 10.0. The fourth-order valence-corrected chi connectivity index (χ4v) is 4.97. The molecule has 2 aromatic rings. The number of anilines is 2. The van der Waals surface area contributed by atoms with Gasteiger partial charge in [-0.15, -0.1) is 0 Å². The molecule has 166 valence electrons. The second-order valence-electron chi connectivity index (χ2n) is 8.61. The molecule has 2 fully saturated rings. The fourth-order valence-electron chi connectivity index (χ4n) is 4.78. The average Bonchev–Trinajstić information content (AvgIpc) is 3.26. The molecule has 0 saturated carbocycles. The first-order valence-corrected chi connectivity index (χ1v) is 11.9. The van der Waals surface area contributed by atoms with Gasteiger partial charge in [0.25, 0.3) is 5.91 Å². The van der Waals surface area contributed by atoms with E-state index >= 15 is 0 Å². The third kappa shape index (κ3) is 5.79. The lowest BCUT2D eigenvalue weighted by molar-refractivity contribution is 0.102. The minimum atomic E-state index is -0.147. The Labute approximate surface area is 190 Å². The Morgan fingerprint density at radius 1 is 1.06 bits per heavy atom. The van der Waals surface area contributed by atoms with Gasteiger partial charge in [0.2, 0.25) is 0 Å². The molecule has 2 N–H and O–H groups in total. The van der Waals surface area contributed by atoms with Crippen molar-refractivity contribution in [1.29, 1.82) is 0 Å². The van der Waals surface area contributed by atoms with Gasteiger partial charge in [0.15, 0.2) is 0 Å². The van der Waals surface area contributed by atoms with Crippen LogP contribution >= 0.6 is 11.6 Å². The second-order valence-corrected chi connectivity index (χ2v) is 9.04. The number of nitrogens with zero attached hydrogens (tertiary/aromatic N) is 2. The summed E-state index contributed by atoms with van der Waals surface area (Å²) in [5.74, 6) is -0.147. The largest absolute Gasteiger partial charge is 0.371 e. The Kier molecular flexibility index (Phi) is 7.49. The van der Waals surface area contributed by atoms with Gasteiger partial charge in [-0.05, 0) is 81.2 Å². The first-order valence-electron chi connectivity index (χ1n) is 11.5. The third-order valence-electron chi connectivity index (χ3n) is 6.62. The summed E-state index contributed by atoms with van der Waals surface area (Å²) in [6.45, 7) is 7.95. The van der Waals surface area contributed by atoms with Crippen molar-refractivity contribution in [3.05, 3.63) is 59.1 Å². The molecule has 6 heteroatoms. The van der Waals surface area contributed by atoms with Gasteiger partial charge in [-0.25, -0.2) is 0 Å². The van der Waals surface area contributed by atoms with E-state index in [4.69, 9.17) is 11.6 Å². The smallest absolute Gasteiger partial charge is 0.255 e. The van der Waals surface area contributed by atoms with Crippen molar-refractivity contribution in [2.75, 3.05) is 42.9 Å². The molecule has 2 aliphatic rings. The number of piperidine rings is 1. The van der Waals surface area contributed by atoms with Crippen LogP contribution in [0.1, 0.15) is 43.0 Å². The molecule has 1 amide bonds. The van der Waals surface area contributed by atoms with Crippen LogP contribution in [0.15, 0.2) is 48.5 Å². The standard InChI is InChI=1S/C25H33ClN4O/c1-2-29-14-4-7-24(29)18-27-21-12-15-30(16-13-21)23-10-8-22(9-11-23)28-25(31)19-5-3-6-20(26)17-19/h3,5-6,8-11,17,21,24,27H,2,4,7,12-16,18H2,1H3,(H,28,31)/t24-/m1/s1. The van der Waals surface area contributed by atoms with Gasteiger partial charge in [0.05, 0.1) is 0 Å². The lowest BCUT2D eigenvalue weighted by Gasteiger charge is -2.35. The van der Waals surface area contributed by atoms with Crippen LogP contribution in [0.25, 0.3) is 0 Å². The molecule has 0 bridgehead atoms. The zero-order chi connectivity index (χ0) is 21.6. The van der Waals surface area contributed by atoms with Crippen LogP contribution in [0.3, 0.4) is 0 Å². The van der Waals surface area contributed by atoms with Crippen molar-refractivity contribution in [1.82, 2.24) is 10.2 Å². The minimum absolute atomic E-state index is 0.147. The molecule has 0 aliphatic carbocycles. The van der Waals surface area contributed by atoms with Gasteiger partial charge in [0, 0.05) is 53.7 Å². The van der Waals surface area contributed by atoms with Gasteiger partial charge in [-0.3, -0.25) is 9.69 Å². The van der Waals surface area contributed by atoms with Gasteiger partial charge in [-0.1, -0.05) is 24.6 Å². The summed E-state index contributed by atoms with van der Waals surface area (Å²) in [6.07, 6.45) is 5.02. The van der Waals surface area contributed by atoms with Gasteiger partial charge in [0.1, 0.15) is 0 Å². The topological polar surface area (TPSA) is 47.6 Å². The monoisotopic (exact) mass is 440 g/mol. The summed E-state index contributed by atoms with van der Waals surface area (Å²) >= 11 is 5.98. The van der Waals surface area contributed by atoms with Crippen LogP contribution in [-0.2, 0) is 0 Å². The van der Waals surface area contributed by atoms with E-state index in [0.717, 1.165) is 31.4 Å². The van der Waals surface area contributed by atoms with Gasteiger partial charge in [-0.2, -0.15) is 0 Å². The van der Waals surface area contributed by atoms with E-state index in [1.165, 1.54) is 44.5 Å². The Hall–Kier alpha value is -2.08.